The molecule has 6 nitrogen and oxygen atoms in total. The van der Waals surface area contributed by atoms with E-state index in [0.29, 0.717) is 26.0 Å². The fourth-order valence-electron chi connectivity index (χ4n) is 4.39. The smallest absolute Gasteiger partial charge is 0.306 e. The molecular formula is C30H59NO5. The number of unbranched alkanes of at least 4 members (excludes halogenated alkanes) is 10. The Hall–Kier alpha value is -1.14. The standard InChI is InChI=1S/C30H59NO5/c1-4-7-10-15-20-28(19-14-8-5-2)36-30(34)21-16-12-11-13-17-23-31(25-26-32)24-18-22-29(33)35-27-9-6-3/h28,32H,4-27H2,1-3H3. The van der Waals surface area contributed by atoms with Crippen LogP contribution in [0.25, 0.3) is 0 Å². The predicted octanol–water partition coefficient (Wildman–Crippen LogP) is 7.21. The fraction of sp³-hybridized carbons (Fsp3) is 0.933. The van der Waals surface area contributed by atoms with Gasteiger partial charge in [-0.25, -0.2) is 0 Å². The zero-order valence-corrected chi connectivity index (χ0v) is 24.1. The molecule has 0 aromatic heterocycles. The molecule has 0 saturated heterocycles. The van der Waals surface area contributed by atoms with Crippen molar-refractivity contribution in [2.75, 3.05) is 32.8 Å². The van der Waals surface area contributed by atoms with E-state index in [1.807, 2.05) is 0 Å². The summed E-state index contributed by atoms with van der Waals surface area (Å²) in [5.74, 6) is -0.135. The van der Waals surface area contributed by atoms with E-state index in [9.17, 15) is 14.7 Å². The van der Waals surface area contributed by atoms with Crippen molar-refractivity contribution in [3.05, 3.63) is 0 Å². The average Bonchev–Trinajstić information content (AvgIpc) is 2.86. The Kier molecular flexibility index (Phi) is 26.1. The van der Waals surface area contributed by atoms with Crippen molar-refractivity contribution in [2.45, 2.75) is 149 Å². The van der Waals surface area contributed by atoms with Gasteiger partial charge in [0.2, 0.25) is 0 Å². The van der Waals surface area contributed by atoms with Gasteiger partial charge in [-0.1, -0.05) is 78.6 Å². The Bertz CT molecular complexity index is 500. The Morgan fingerprint density at radius 1 is 0.639 bits per heavy atom. The quantitative estimate of drug-likeness (QED) is 0.0924. The van der Waals surface area contributed by atoms with Gasteiger partial charge in [0.05, 0.1) is 13.2 Å². The van der Waals surface area contributed by atoms with Gasteiger partial charge >= 0.3 is 11.9 Å². The van der Waals surface area contributed by atoms with Gasteiger partial charge in [-0.15, -0.1) is 0 Å². The van der Waals surface area contributed by atoms with E-state index in [1.54, 1.807) is 0 Å². The number of esters is 2. The van der Waals surface area contributed by atoms with Crippen LogP contribution in [0.3, 0.4) is 0 Å². The van der Waals surface area contributed by atoms with E-state index in [-0.39, 0.29) is 24.6 Å². The molecule has 0 aliphatic carbocycles. The monoisotopic (exact) mass is 513 g/mol. The topological polar surface area (TPSA) is 76.1 Å². The first-order valence-electron chi connectivity index (χ1n) is 15.3. The van der Waals surface area contributed by atoms with Crippen molar-refractivity contribution >= 4 is 11.9 Å². The van der Waals surface area contributed by atoms with E-state index >= 15 is 0 Å². The van der Waals surface area contributed by atoms with Gasteiger partial charge in [0.15, 0.2) is 0 Å². The second-order valence-corrected chi connectivity index (χ2v) is 10.2. The molecular weight excluding hydrogens is 454 g/mol. The molecule has 36 heavy (non-hydrogen) atoms. The second-order valence-electron chi connectivity index (χ2n) is 10.2. The maximum absolute atomic E-state index is 12.4. The Morgan fingerprint density at radius 2 is 1.19 bits per heavy atom. The van der Waals surface area contributed by atoms with Gasteiger partial charge in [0.25, 0.3) is 0 Å². The van der Waals surface area contributed by atoms with Crippen molar-refractivity contribution in [2.24, 2.45) is 0 Å². The number of carbonyl (C=O) groups excluding carboxylic acids is 2. The van der Waals surface area contributed by atoms with E-state index in [4.69, 9.17) is 9.47 Å². The molecule has 6 heteroatoms. The van der Waals surface area contributed by atoms with Crippen molar-refractivity contribution in [3.63, 3.8) is 0 Å². The lowest BCUT2D eigenvalue weighted by atomic mass is 10.0. The molecule has 0 amide bonds. The Balaban J connectivity index is 3.95. The lowest BCUT2D eigenvalue weighted by Gasteiger charge is -2.21. The number of aliphatic hydroxyl groups is 1. The van der Waals surface area contributed by atoms with Gasteiger partial charge in [-0.05, 0) is 64.5 Å². The van der Waals surface area contributed by atoms with Crippen LogP contribution >= 0.6 is 0 Å². The van der Waals surface area contributed by atoms with Crippen molar-refractivity contribution in [3.8, 4) is 0 Å². The van der Waals surface area contributed by atoms with Crippen LogP contribution in [0.2, 0.25) is 0 Å². The van der Waals surface area contributed by atoms with Gasteiger partial charge < -0.3 is 19.5 Å². The van der Waals surface area contributed by atoms with Crippen molar-refractivity contribution in [1.82, 2.24) is 4.90 Å². The molecule has 0 rings (SSSR count). The van der Waals surface area contributed by atoms with Crippen LogP contribution in [0.15, 0.2) is 0 Å². The van der Waals surface area contributed by atoms with Crippen LogP contribution in [0, 0.1) is 0 Å². The number of hydrogen-bond donors (Lipinski definition) is 1. The molecule has 0 bridgehead atoms. The third kappa shape index (κ3) is 23.3. The molecule has 0 radical (unpaired) electrons. The summed E-state index contributed by atoms with van der Waals surface area (Å²) in [6, 6.07) is 0. The zero-order valence-electron chi connectivity index (χ0n) is 24.1. The molecule has 0 aromatic carbocycles. The number of hydrogen-bond acceptors (Lipinski definition) is 6. The summed E-state index contributed by atoms with van der Waals surface area (Å²) in [6.45, 7) is 9.57. The summed E-state index contributed by atoms with van der Waals surface area (Å²) < 4.78 is 11.0. The predicted molar refractivity (Wildman–Crippen MR) is 149 cm³/mol. The Labute approximate surface area is 222 Å². The first kappa shape index (κ1) is 34.9. The largest absolute Gasteiger partial charge is 0.466 e. The summed E-state index contributed by atoms with van der Waals surface area (Å²) in [5, 5.41) is 9.33. The summed E-state index contributed by atoms with van der Waals surface area (Å²) in [5.41, 5.74) is 0. The third-order valence-corrected chi connectivity index (χ3v) is 6.70. The van der Waals surface area contributed by atoms with Crippen LogP contribution in [0.1, 0.15) is 143 Å². The lowest BCUT2D eigenvalue weighted by molar-refractivity contribution is -0.150. The minimum absolute atomic E-state index is 0.0191. The zero-order chi connectivity index (χ0) is 26.7. The molecule has 0 saturated carbocycles. The molecule has 0 aromatic rings. The van der Waals surface area contributed by atoms with E-state index in [2.05, 4.69) is 25.7 Å². The highest BCUT2D eigenvalue weighted by molar-refractivity contribution is 5.69. The fourth-order valence-corrected chi connectivity index (χ4v) is 4.39. The maximum atomic E-state index is 12.4. The van der Waals surface area contributed by atoms with Gasteiger partial charge in [-0.3, -0.25) is 9.59 Å². The highest BCUT2D eigenvalue weighted by Gasteiger charge is 2.14. The highest BCUT2D eigenvalue weighted by Crippen LogP contribution is 2.17. The number of carbonyl (C=O) groups is 2. The first-order valence-corrected chi connectivity index (χ1v) is 15.3. The molecule has 0 spiro atoms. The van der Waals surface area contributed by atoms with Crippen LogP contribution in [0.4, 0.5) is 0 Å². The molecule has 0 aliphatic rings. The minimum Gasteiger partial charge on any atom is -0.466 e. The summed E-state index contributed by atoms with van der Waals surface area (Å²) in [4.78, 5) is 26.3. The maximum Gasteiger partial charge on any atom is 0.306 e. The van der Waals surface area contributed by atoms with Gasteiger partial charge in [0.1, 0.15) is 6.10 Å². The lowest BCUT2D eigenvalue weighted by Crippen LogP contribution is -2.29. The Morgan fingerprint density at radius 3 is 1.89 bits per heavy atom. The third-order valence-electron chi connectivity index (χ3n) is 6.70. The highest BCUT2D eigenvalue weighted by atomic mass is 16.5. The molecule has 0 heterocycles. The van der Waals surface area contributed by atoms with Crippen molar-refractivity contribution < 1.29 is 24.2 Å². The van der Waals surface area contributed by atoms with Crippen LogP contribution < -0.4 is 0 Å². The number of aliphatic hydroxyl groups excluding tert-OH is 1. The number of ether oxygens (including phenoxy) is 2. The van der Waals surface area contributed by atoms with Gasteiger partial charge in [0, 0.05) is 19.4 Å². The normalized spacial score (nSPS) is 12.1. The number of rotatable bonds is 27. The van der Waals surface area contributed by atoms with Crippen LogP contribution in [-0.2, 0) is 19.1 Å². The molecule has 1 atom stereocenters. The number of nitrogens with zero attached hydrogens (tertiary/aromatic N) is 1. The van der Waals surface area contributed by atoms with E-state index < -0.39 is 0 Å². The summed E-state index contributed by atoms with van der Waals surface area (Å²) in [7, 11) is 0. The van der Waals surface area contributed by atoms with Gasteiger partial charge in [-0.2, -0.15) is 0 Å². The molecule has 1 N–H and O–H groups in total. The summed E-state index contributed by atoms with van der Waals surface area (Å²) in [6.07, 6.45) is 19.5. The van der Waals surface area contributed by atoms with E-state index in [0.717, 1.165) is 90.1 Å². The molecule has 214 valence electrons. The second kappa shape index (κ2) is 26.9. The minimum atomic E-state index is -0.116. The first-order chi connectivity index (χ1) is 17.6. The summed E-state index contributed by atoms with van der Waals surface area (Å²) >= 11 is 0. The van der Waals surface area contributed by atoms with Crippen LogP contribution in [-0.4, -0.2) is 60.9 Å². The molecule has 0 aliphatic heterocycles. The van der Waals surface area contributed by atoms with E-state index in [1.165, 1.54) is 32.1 Å². The average molecular weight is 514 g/mol. The SMILES string of the molecule is CCCCCCC(CCCCC)OC(=O)CCCCCCCN(CCO)CCCC(=O)OCCCC. The van der Waals surface area contributed by atoms with Crippen LogP contribution in [0.5, 0.6) is 0 Å². The van der Waals surface area contributed by atoms with Crippen molar-refractivity contribution in [1.29, 1.82) is 0 Å². The molecule has 1 unspecified atom stereocenters. The molecule has 0 fully saturated rings.